The van der Waals surface area contributed by atoms with Gasteiger partial charge in [0.25, 0.3) is 11.8 Å². The van der Waals surface area contributed by atoms with Gasteiger partial charge in [0.1, 0.15) is 5.54 Å². The molecule has 1 fully saturated rings. The third kappa shape index (κ3) is 3.96. The van der Waals surface area contributed by atoms with Gasteiger partial charge < -0.3 is 5.32 Å². The number of hydrazine groups is 1. The number of aryl methyl sites for hydroxylation is 3. The van der Waals surface area contributed by atoms with Crippen molar-refractivity contribution in [3.8, 4) is 0 Å². The van der Waals surface area contributed by atoms with Crippen molar-refractivity contribution < 1.29 is 14.4 Å². The Bertz CT molecular complexity index is 1190. The second kappa shape index (κ2) is 7.79. The number of carbonyl (C=O) groups excluding carboxylic acids is 3. The van der Waals surface area contributed by atoms with E-state index in [9.17, 15) is 14.4 Å². The second-order valence-corrected chi connectivity index (χ2v) is 7.93. The molecule has 0 aliphatic carbocycles. The summed E-state index contributed by atoms with van der Waals surface area (Å²) in [6.07, 6.45) is 1.03. The molecule has 4 amide bonds. The number of fused-ring (bicyclic) bond motifs is 1. The first kappa shape index (κ1) is 20.5. The van der Waals surface area contributed by atoms with Gasteiger partial charge in [-0.15, -0.1) is 0 Å². The topological polar surface area (TPSA) is 104 Å². The molecule has 2 heterocycles. The summed E-state index contributed by atoms with van der Waals surface area (Å²) in [4.78, 5) is 47.0. The fraction of sp³-hybridized carbons (Fsp3) is 0.261. The fourth-order valence-corrected chi connectivity index (χ4v) is 3.53. The number of hydrogen-bond acceptors (Lipinski definition) is 5. The zero-order valence-corrected chi connectivity index (χ0v) is 17.6. The molecule has 0 spiro atoms. The van der Waals surface area contributed by atoms with E-state index in [1.807, 2.05) is 44.2 Å². The predicted molar refractivity (Wildman–Crippen MR) is 115 cm³/mol. The van der Waals surface area contributed by atoms with Crippen LogP contribution >= 0.6 is 0 Å². The summed E-state index contributed by atoms with van der Waals surface area (Å²) in [5.41, 5.74) is 5.51. The minimum absolute atomic E-state index is 0.281. The van der Waals surface area contributed by atoms with Gasteiger partial charge in [-0.2, -0.15) is 5.01 Å². The lowest BCUT2D eigenvalue weighted by Crippen LogP contribution is -2.48. The highest BCUT2D eigenvalue weighted by Gasteiger charge is 2.48. The molecule has 0 saturated carbocycles. The molecule has 0 radical (unpaired) electrons. The molecule has 3 aromatic rings. The molecule has 1 saturated heterocycles. The standard InChI is InChI=1S/C23H23N5O3/c1-14-15(2)25-19-13-17(9-10-18(19)24-14)20(29)27-28-21(30)23(3,26-22(28)31)12-11-16-7-5-4-6-8-16/h4-10,13H,11-12H2,1-3H3,(H,26,31)(H,27,29). The van der Waals surface area contributed by atoms with Crippen LogP contribution in [0.25, 0.3) is 11.0 Å². The SMILES string of the molecule is Cc1nc2ccc(C(=O)NN3C(=O)NC(C)(CCc4ccccc4)C3=O)cc2nc1C. The van der Waals surface area contributed by atoms with Crippen LogP contribution in [0.15, 0.2) is 48.5 Å². The first-order valence-corrected chi connectivity index (χ1v) is 10.0. The zero-order chi connectivity index (χ0) is 22.2. The van der Waals surface area contributed by atoms with Crippen molar-refractivity contribution in [1.29, 1.82) is 0 Å². The molecule has 2 N–H and O–H groups in total. The summed E-state index contributed by atoms with van der Waals surface area (Å²) >= 11 is 0. The van der Waals surface area contributed by atoms with Crippen LogP contribution in [0.2, 0.25) is 0 Å². The van der Waals surface area contributed by atoms with Crippen LogP contribution in [-0.2, 0) is 11.2 Å². The quantitative estimate of drug-likeness (QED) is 0.621. The molecule has 2 aromatic carbocycles. The minimum Gasteiger partial charge on any atom is -0.322 e. The molecular formula is C23H23N5O3. The molecule has 1 unspecified atom stereocenters. The highest BCUT2D eigenvalue weighted by molar-refractivity contribution is 6.09. The maximum atomic E-state index is 12.9. The molecule has 1 aliphatic heterocycles. The van der Waals surface area contributed by atoms with Gasteiger partial charge in [-0.1, -0.05) is 30.3 Å². The number of rotatable bonds is 5. The van der Waals surface area contributed by atoms with E-state index in [1.165, 1.54) is 0 Å². The summed E-state index contributed by atoms with van der Waals surface area (Å²) < 4.78 is 0. The monoisotopic (exact) mass is 417 g/mol. The number of amides is 4. The Kier molecular flexibility index (Phi) is 5.14. The van der Waals surface area contributed by atoms with Gasteiger partial charge in [0, 0.05) is 5.56 Å². The van der Waals surface area contributed by atoms with Crippen LogP contribution in [0.1, 0.15) is 40.7 Å². The Morgan fingerprint density at radius 2 is 1.71 bits per heavy atom. The lowest BCUT2D eigenvalue weighted by Gasteiger charge is -2.21. The number of imide groups is 1. The Morgan fingerprint density at radius 3 is 2.42 bits per heavy atom. The van der Waals surface area contributed by atoms with E-state index in [4.69, 9.17) is 0 Å². The van der Waals surface area contributed by atoms with Crippen molar-refractivity contribution in [3.05, 3.63) is 71.0 Å². The maximum absolute atomic E-state index is 12.9. The van der Waals surface area contributed by atoms with Crippen LogP contribution in [0.3, 0.4) is 0 Å². The second-order valence-electron chi connectivity index (χ2n) is 7.93. The van der Waals surface area contributed by atoms with Gasteiger partial charge >= 0.3 is 6.03 Å². The zero-order valence-electron chi connectivity index (χ0n) is 17.6. The predicted octanol–water partition coefficient (Wildman–Crippen LogP) is 2.83. The summed E-state index contributed by atoms with van der Waals surface area (Å²) in [6, 6.07) is 13.9. The normalized spacial score (nSPS) is 18.4. The maximum Gasteiger partial charge on any atom is 0.344 e. The van der Waals surface area contributed by atoms with Gasteiger partial charge in [-0.25, -0.2) is 14.8 Å². The molecule has 8 heteroatoms. The highest BCUT2D eigenvalue weighted by atomic mass is 16.2. The smallest absolute Gasteiger partial charge is 0.322 e. The van der Waals surface area contributed by atoms with E-state index < -0.39 is 23.4 Å². The van der Waals surface area contributed by atoms with Crippen LogP contribution < -0.4 is 10.7 Å². The molecule has 8 nitrogen and oxygen atoms in total. The van der Waals surface area contributed by atoms with Crippen LogP contribution in [0.5, 0.6) is 0 Å². The van der Waals surface area contributed by atoms with E-state index in [0.29, 0.717) is 23.9 Å². The number of hydrogen-bond donors (Lipinski definition) is 2. The summed E-state index contributed by atoms with van der Waals surface area (Å²) in [7, 11) is 0. The Labute approximate surface area is 179 Å². The van der Waals surface area contributed by atoms with E-state index in [1.54, 1.807) is 25.1 Å². The molecule has 0 bridgehead atoms. The van der Waals surface area contributed by atoms with Crippen LogP contribution in [-0.4, -0.2) is 38.4 Å². The number of aromatic nitrogens is 2. The van der Waals surface area contributed by atoms with Crippen molar-refractivity contribution in [2.75, 3.05) is 0 Å². The number of urea groups is 1. The fourth-order valence-electron chi connectivity index (χ4n) is 3.53. The first-order chi connectivity index (χ1) is 14.8. The largest absolute Gasteiger partial charge is 0.344 e. The number of nitrogens with one attached hydrogen (secondary N) is 2. The van der Waals surface area contributed by atoms with Crippen molar-refractivity contribution in [3.63, 3.8) is 0 Å². The lowest BCUT2D eigenvalue weighted by molar-refractivity contribution is -0.132. The lowest BCUT2D eigenvalue weighted by atomic mass is 9.93. The van der Waals surface area contributed by atoms with Crippen LogP contribution in [0.4, 0.5) is 4.79 Å². The van der Waals surface area contributed by atoms with Gasteiger partial charge in [0.05, 0.1) is 22.4 Å². The van der Waals surface area contributed by atoms with Crippen LogP contribution in [0, 0.1) is 13.8 Å². The Hall–Kier alpha value is -3.81. The van der Waals surface area contributed by atoms with E-state index in [0.717, 1.165) is 22.0 Å². The van der Waals surface area contributed by atoms with E-state index in [-0.39, 0.29) is 5.56 Å². The van der Waals surface area contributed by atoms with Gasteiger partial charge in [0.2, 0.25) is 0 Å². The average Bonchev–Trinajstić information content (AvgIpc) is 2.97. The summed E-state index contributed by atoms with van der Waals surface area (Å²) in [6.45, 7) is 5.38. The number of nitrogens with zero attached hydrogens (tertiary/aromatic N) is 3. The molecule has 4 rings (SSSR count). The molecule has 1 aliphatic rings. The van der Waals surface area contributed by atoms with Crippen molar-refractivity contribution in [2.24, 2.45) is 0 Å². The third-order valence-corrected chi connectivity index (χ3v) is 5.57. The molecule has 1 aromatic heterocycles. The van der Waals surface area contributed by atoms with Gasteiger partial charge in [-0.3, -0.25) is 15.0 Å². The molecule has 158 valence electrons. The number of carbonyl (C=O) groups is 3. The minimum atomic E-state index is -1.09. The van der Waals surface area contributed by atoms with Crippen molar-refractivity contribution >= 4 is 28.9 Å². The molecule has 31 heavy (non-hydrogen) atoms. The molecular weight excluding hydrogens is 394 g/mol. The van der Waals surface area contributed by atoms with Crippen molar-refractivity contribution in [1.82, 2.24) is 25.7 Å². The van der Waals surface area contributed by atoms with E-state index in [2.05, 4.69) is 20.7 Å². The summed E-state index contributed by atoms with van der Waals surface area (Å²) in [5, 5.41) is 3.45. The van der Waals surface area contributed by atoms with Gasteiger partial charge in [0.15, 0.2) is 0 Å². The van der Waals surface area contributed by atoms with Gasteiger partial charge in [-0.05, 0) is 57.4 Å². The Morgan fingerprint density at radius 1 is 1.03 bits per heavy atom. The summed E-state index contributed by atoms with van der Waals surface area (Å²) in [5.74, 6) is -1.06. The average molecular weight is 417 g/mol. The van der Waals surface area contributed by atoms with E-state index >= 15 is 0 Å². The molecule has 1 atom stereocenters. The Balaban J connectivity index is 1.49. The van der Waals surface area contributed by atoms with Crippen molar-refractivity contribution in [2.45, 2.75) is 39.2 Å². The number of benzene rings is 2. The third-order valence-electron chi connectivity index (χ3n) is 5.57. The first-order valence-electron chi connectivity index (χ1n) is 10.0. The highest BCUT2D eigenvalue weighted by Crippen LogP contribution is 2.23.